The second-order valence-electron chi connectivity index (χ2n) is 3.19. The second-order valence-corrected chi connectivity index (χ2v) is 3.19. The van der Waals surface area contributed by atoms with E-state index in [1.54, 1.807) is 18.5 Å². The van der Waals surface area contributed by atoms with Crippen molar-refractivity contribution in [3.63, 3.8) is 0 Å². The van der Waals surface area contributed by atoms with Crippen LogP contribution in [-0.2, 0) is 9.53 Å². The van der Waals surface area contributed by atoms with Crippen molar-refractivity contribution in [2.45, 2.75) is 13.3 Å². The van der Waals surface area contributed by atoms with Gasteiger partial charge in [0.1, 0.15) is 0 Å². The molecule has 1 aromatic rings. The van der Waals surface area contributed by atoms with Crippen LogP contribution in [0.3, 0.4) is 0 Å². The van der Waals surface area contributed by atoms with Crippen LogP contribution in [0, 0.1) is 0 Å². The second kappa shape index (κ2) is 4.08. The van der Waals surface area contributed by atoms with Gasteiger partial charge in [0, 0.05) is 24.5 Å². The van der Waals surface area contributed by atoms with Crippen LogP contribution in [-0.4, -0.2) is 22.5 Å². The topological polar surface area (TPSA) is 64.1 Å². The van der Waals surface area contributed by atoms with E-state index in [0.29, 0.717) is 24.5 Å². The van der Waals surface area contributed by atoms with E-state index in [1.165, 1.54) is 0 Å². The maximum absolute atomic E-state index is 11.2. The van der Waals surface area contributed by atoms with Gasteiger partial charge in [0.15, 0.2) is 0 Å². The zero-order valence-electron chi connectivity index (χ0n) is 8.36. The lowest BCUT2D eigenvalue weighted by molar-refractivity contribution is -0.135. The molecule has 1 aliphatic rings. The maximum Gasteiger partial charge on any atom is 0.335 e. The van der Waals surface area contributed by atoms with Gasteiger partial charge in [-0.25, -0.2) is 14.8 Å². The lowest BCUT2D eigenvalue weighted by Crippen LogP contribution is -2.06. The van der Waals surface area contributed by atoms with Gasteiger partial charge in [0.05, 0.1) is 12.2 Å². The van der Waals surface area contributed by atoms with E-state index >= 15 is 0 Å². The summed E-state index contributed by atoms with van der Waals surface area (Å²) in [4.78, 5) is 19.3. The van der Waals surface area contributed by atoms with E-state index in [1.807, 2.05) is 6.92 Å². The molecule has 2 rings (SSSR count). The largest absolute Gasteiger partial charge is 0.462 e. The van der Waals surface area contributed by atoms with Crippen LogP contribution in [0.5, 0.6) is 0 Å². The molecule has 0 saturated carbocycles. The van der Waals surface area contributed by atoms with Gasteiger partial charge in [-0.1, -0.05) is 0 Å². The molecule has 1 N–H and O–H groups in total. The van der Waals surface area contributed by atoms with Crippen molar-refractivity contribution >= 4 is 11.9 Å². The van der Waals surface area contributed by atoms with Crippen molar-refractivity contribution in [1.82, 2.24) is 9.97 Å². The minimum Gasteiger partial charge on any atom is -0.462 e. The van der Waals surface area contributed by atoms with E-state index < -0.39 is 0 Å². The van der Waals surface area contributed by atoms with Gasteiger partial charge in [-0.2, -0.15) is 0 Å². The van der Waals surface area contributed by atoms with Crippen molar-refractivity contribution in [2.24, 2.45) is 0 Å². The average Bonchev–Trinajstić information content (AvgIpc) is 2.66. The predicted octanol–water partition coefficient (Wildman–Crippen LogP) is 1.11. The molecule has 1 saturated heterocycles. The van der Waals surface area contributed by atoms with Gasteiger partial charge in [-0.15, -0.1) is 0 Å². The van der Waals surface area contributed by atoms with E-state index in [-0.39, 0.29) is 5.97 Å². The summed E-state index contributed by atoms with van der Waals surface area (Å²) >= 11 is 0. The van der Waals surface area contributed by atoms with Gasteiger partial charge >= 0.3 is 5.97 Å². The number of hydrogen-bond donors (Lipinski definition) is 1. The first kappa shape index (κ1) is 9.64. The fourth-order valence-corrected chi connectivity index (χ4v) is 1.38. The first-order chi connectivity index (χ1) is 7.27. The monoisotopic (exact) mass is 205 g/mol. The van der Waals surface area contributed by atoms with E-state index in [0.717, 1.165) is 5.70 Å². The Bertz CT molecular complexity index is 400. The number of nitrogens with zero attached hydrogens (tertiary/aromatic N) is 2. The number of aromatic nitrogens is 2. The Labute approximate surface area is 87.2 Å². The number of carbonyl (C=O) groups excluding carboxylic acids is 1. The minimum absolute atomic E-state index is 0.254. The Morgan fingerprint density at radius 2 is 2.20 bits per heavy atom. The fraction of sp³-hybridized carbons (Fsp3) is 0.300. The zero-order chi connectivity index (χ0) is 10.7. The summed E-state index contributed by atoms with van der Waals surface area (Å²) in [6, 6.07) is 1.73. The lowest BCUT2D eigenvalue weighted by Gasteiger charge is -2.05. The summed E-state index contributed by atoms with van der Waals surface area (Å²) in [6.07, 6.45) is 3.92. The molecule has 1 fully saturated rings. The third-order valence-electron chi connectivity index (χ3n) is 2.15. The van der Waals surface area contributed by atoms with Crippen LogP contribution in [0.2, 0.25) is 0 Å². The van der Waals surface area contributed by atoms with Crippen molar-refractivity contribution in [1.29, 1.82) is 0 Å². The van der Waals surface area contributed by atoms with Gasteiger partial charge in [-0.05, 0) is 13.0 Å². The molecule has 0 unspecified atom stereocenters. The third-order valence-corrected chi connectivity index (χ3v) is 2.15. The van der Waals surface area contributed by atoms with Gasteiger partial charge in [0.2, 0.25) is 5.95 Å². The quantitative estimate of drug-likeness (QED) is 0.578. The molecule has 1 aromatic heterocycles. The molecule has 2 heterocycles. The SMILES string of the molecule is C/C(Nc1ncccn1)=C1\CCOC1=O. The van der Waals surface area contributed by atoms with Crippen molar-refractivity contribution in [3.8, 4) is 0 Å². The molecule has 0 atom stereocenters. The number of allylic oxidation sites excluding steroid dienone is 1. The van der Waals surface area contributed by atoms with Crippen LogP contribution in [0.1, 0.15) is 13.3 Å². The molecular formula is C10H11N3O2. The van der Waals surface area contributed by atoms with Gasteiger partial charge < -0.3 is 10.1 Å². The molecule has 0 aromatic carbocycles. The molecule has 15 heavy (non-hydrogen) atoms. The average molecular weight is 205 g/mol. The molecule has 0 amide bonds. The molecular weight excluding hydrogens is 194 g/mol. The van der Waals surface area contributed by atoms with Crippen LogP contribution < -0.4 is 5.32 Å². The summed E-state index contributed by atoms with van der Waals surface area (Å²) in [5.74, 6) is 0.234. The Hall–Kier alpha value is -1.91. The van der Waals surface area contributed by atoms with Crippen molar-refractivity contribution in [3.05, 3.63) is 29.7 Å². The highest BCUT2D eigenvalue weighted by atomic mass is 16.5. The minimum atomic E-state index is -0.254. The van der Waals surface area contributed by atoms with E-state index in [2.05, 4.69) is 15.3 Å². The molecule has 0 bridgehead atoms. The number of nitrogens with one attached hydrogen (secondary N) is 1. The summed E-state index contributed by atoms with van der Waals surface area (Å²) in [6.45, 7) is 2.28. The van der Waals surface area contributed by atoms with Crippen molar-refractivity contribution in [2.75, 3.05) is 11.9 Å². The first-order valence-corrected chi connectivity index (χ1v) is 4.68. The summed E-state index contributed by atoms with van der Waals surface area (Å²) < 4.78 is 4.85. The smallest absolute Gasteiger partial charge is 0.335 e. The Morgan fingerprint density at radius 1 is 1.47 bits per heavy atom. The number of anilines is 1. The van der Waals surface area contributed by atoms with Crippen LogP contribution >= 0.6 is 0 Å². The molecule has 0 spiro atoms. The summed E-state index contributed by atoms with van der Waals surface area (Å²) in [7, 11) is 0. The predicted molar refractivity (Wildman–Crippen MR) is 53.9 cm³/mol. The standard InChI is InChI=1S/C10H11N3O2/c1-7(8-3-6-15-9(8)14)13-10-11-4-2-5-12-10/h2,4-5H,3,6H2,1H3,(H,11,12,13)/b8-7-. The van der Waals surface area contributed by atoms with E-state index in [4.69, 9.17) is 4.74 Å². The highest BCUT2D eigenvalue weighted by Crippen LogP contribution is 2.17. The molecule has 5 heteroatoms. The maximum atomic E-state index is 11.2. The number of rotatable bonds is 2. The summed E-state index contributed by atoms with van der Waals surface area (Å²) in [5, 5.41) is 2.97. The molecule has 5 nitrogen and oxygen atoms in total. The Morgan fingerprint density at radius 3 is 2.80 bits per heavy atom. The molecule has 0 radical (unpaired) electrons. The Balaban J connectivity index is 2.16. The molecule has 0 aliphatic carbocycles. The normalized spacial score (nSPS) is 18.6. The summed E-state index contributed by atoms with van der Waals surface area (Å²) in [5.41, 5.74) is 1.42. The fourth-order valence-electron chi connectivity index (χ4n) is 1.38. The highest BCUT2D eigenvalue weighted by Gasteiger charge is 2.21. The van der Waals surface area contributed by atoms with Gasteiger partial charge in [0.25, 0.3) is 0 Å². The first-order valence-electron chi connectivity index (χ1n) is 4.68. The van der Waals surface area contributed by atoms with Crippen molar-refractivity contribution < 1.29 is 9.53 Å². The van der Waals surface area contributed by atoms with Crippen LogP contribution in [0.25, 0.3) is 0 Å². The number of ether oxygens (including phenoxy) is 1. The lowest BCUT2D eigenvalue weighted by atomic mass is 10.2. The number of cyclic esters (lactones) is 1. The van der Waals surface area contributed by atoms with Gasteiger partial charge in [-0.3, -0.25) is 0 Å². The number of carbonyl (C=O) groups is 1. The third kappa shape index (κ3) is 2.12. The van der Waals surface area contributed by atoms with Crippen LogP contribution in [0.4, 0.5) is 5.95 Å². The molecule has 1 aliphatic heterocycles. The molecule has 78 valence electrons. The highest BCUT2D eigenvalue weighted by molar-refractivity contribution is 5.91. The zero-order valence-corrected chi connectivity index (χ0v) is 8.36. The van der Waals surface area contributed by atoms with Crippen LogP contribution in [0.15, 0.2) is 29.7 Å². The van der Waals surface area contributed by atoms with E-state index in [9.17, 15) is 4.79 Å². The number of hydrogen-bond acceptors (Lipinski definition) is 5. The Kier molecular flexibility index (Phi) is 2.62. The number of esters is 1.